The molecule has 92 valence electrons. The number of anilines is 1. The van der Waals surface area contributed by atoms with Gasteiger partial charge in [-0.05, 0) is 36.4 Å². The van der Waals surface area contributed by atoms with Gasteiger partial charge in [0.1, 0.15) is 17.3 Å². The number of methoxy groups -OCH3 is 1. The second-order valence-corrected chi connectivity index (χ2v) is 3.54. The number of carbonyl (C=O) groups is 1. The van der Waals surface area contributed by atoms with Crippen LogP contribution in [0, 0.1) is 5.82 Å². The second kappa shape index (κ2) is 5.27. The van der Waals surface area contributed by atoms with Crippen LogP contribution in [0.25, 0.3) is 0 Å². The molecule has 4 nitrogen and oxygen atoms in total. The number of halogens is 1. The molecule has 2 aromatic rings. The quantitative estimate of drug-likeness (QED) is 0.905. The first kappa shape index (κ1) is 12.0. The average Bonchev–Trinajstić information content (AvgIpc) is 2.41. The van der Waals surface area contributed by atoms with Gasteiger partial charge < -0.3 is 10.1 Å². The SMILES string of the molecule is COc1ccc(C(=O)Nc2ccc(F)cc2)nc1. The summed E-state index contributed by atoms with van der Waals surface area (Å²) in [6.45, 7) is 0. The van der Waals surface area contributed by atoms with Crippen LogP contribution >= 0.6 is 0 Å². The number of nitrogens with zero attached hydrogens (tertiary/aromatic N) is 1. The summed E-state index contributed by atoms with van der Waals surface area (Å²) in [6.07, 6.45) is 1.46. The molecular weight excluding hydrogens is 235 g/mol. The highest BCUT2D eigenvalue weighted by Crippen LogP contribution is 2.11. The van der Waals surface area contributed by atoms with Crippen LogP contribution in [0.1, 0.15) is 10.5 Å². The van der Waals surface area contributed by atoms with Gasteiger partial charge in [-0.1, -0.05) is 0 Å². The van der Waals surface area contributed by atoms with Crippen LogP contribution in [-0.4, -0.2) is 18.0 Å². The van der Waals surface area contributed by atoms with Crippen molar-refractivity contribution in [1.82, 2.24) is 4.98 Å². The van der Waals surface area contributed by atoms with Crippen LogP contribution in [0.4, 0.5) is 10.1 Å². The number of carbonyl (C=O) groups excluding carboxylic acids is 1. The Morgan fingerprint density at radius 1 is 1.22 bits per heavy atom. The van der Waals surface area contributed by atoms with Gasteiger partial charge in [0.15, 0.2) is 0 Å². The molecule has 1 heterocycles. The molecule has 0 saturated carbocycles. The summed E-state index contributed by atoms with van der Waals surface area (Å²) >= 11 is 0. The first-order valence-electron chi connectivity index (χ1n) is 5.26. The van der Waals surface area contributed by atoms with E-state index in [0.717, 1.165) is 0 Å². The predicted octanol–water partition coefficient (Wildman–Crippen LogP) is 2.48. The molecule has 0 fully saturated rings. The van der Waals surface area contributed by atoms with Crippen LogP contribution in [0.2, 0.25) is 0 Å². The number of hydrogen-bond donors (Lipinski definition) is 1. The molecule has 0 saturated heterocycles. The third-order valence-electron chi connectivity index (χ3n) is 2.31. The van der Waals surface area contributed by atoms with Crippen LogP contribution < -0.4 is 10.1 Å². The van der Waals surface area contributed by atoms with Crippen molar-refractivity contribution in [2.75, 3.05) is 12.4 Å². The number of aromatic nitrogens is 1. The number of hydrogen-bond acceptors (Lipinski definition) is 3. The van der Waals surface area contributed by atoms with Crippen molar-refractivity contribution >= 4 is 11.6 Å². The molecule has 0 aliphatic carbocycles. The molecule has 1 N–H and O–H groups in total. The Bertz CT molecular complexity index is 538. The minimum atomic E-state index is -0.357. The van der Waals surface area contributed by atoms with Gasteiger partial charge in [0, 0.05) is 5.69 Å². The third-order valence-corrected chi connectivity index (χ3v) is 2.31. The van der Waals surface area contributed by atoms with Crippen LogP contribution in [-0.2, 0) is 0 Å². The number of amides is 1. The molecule has 1 aromatic carbocycles. The smallest absolute Gasteiger partial charge is 0.274 e. The van der Waals surface area contributed by atoms with E-state index in [1.54, 1.807) is 12.1 Å². The monoisotopic (exact) mass is 246 g/mol. The maximum atomic E-state index is 12.7. The molecule has 0 aliphatic rings. The fourth-order valence-electron chi connectivity index (χ4n) is 1.36. The third kappa shape index (κ3) is 2.82. The average molecular weight is 246 g/mol. The number of nitrogens with one attached hydrogen (secondary N) is 1. The van der Waals surface area contributed by atoms with Crippen molar-refractivity contribution in [3.8, 4) is 5.75 Å². The standard InChI is InChI=1S/C13H11FN2O2/c1-18-11-6-7-12(15-8-11)13(17)16-10-4-2-9(14)3-5-10/h2-8H,1H3,(H,16,17). The molecule has 0 aliphatic heterocycles. The van der Waals surface area contributed by atoms with Crippen LogP contribution in [0.3, 0.4) is 0 Å². The number of rotatable bonds is 3. The van der Waals surface area contributed by atoms with E-state index in [1.807, 2.05) is 0 Å². The summed E-state index contributed by atoms with van der Waals surface area (Å²) < 4.78 is 17.6. The molecule has 18 heavy (non-hydrogen) atoms. The predicted molar refractivity (Wildman–Crippen MR) is 65.1 cm³/mol. The van der Waals surface area contributed by atoms with E-state index in [1.165, 1.54) is 37.6 Å². The van der Waals surface area contributed by atoms with Crippen molar-refractivity contribution in [3.63, 3.8) is 0 Å². The molecule has 0 spiro atoms. The highest BCUT2D eigenvalue weighted by molar-refractivity contribution is 6.02. The van der Waals surface area contributed by atoms with Gasteiger partial charge in [-0.15, -0.1) is 0 Å². The Hall–Kier alpha value is -2.43. The lowest BCUT2D eigenvalue weighted by Crippen LogP contribution is -2.13. The first-order chi connectivity index (χ1) is 8.69. The van der Waals surface area contributed by atoms with E-state index in [4.69, 9.17) is 4.74 Å². The maximum absolute atomic E-state index is 12.7. The summed E-state index contributed by atoms with van der Waals surface area (Å²) in [5, 5.41) is 2.61. The molecule has 1 aromatic heterocycles. The fourth-order valence-corrected chi connectivity index (χ4v) is 1.36. The molecule has 2 rings (SSSR count). The van der Waals surface area contributed by atoms with Crippen LogP contribution in [0.5, 0.6) is 5.75 Å². The van der Waals surface area contributed by atoms with E-state index in [0.29, 0.717) is 11.4 Å². The largest absolute Gasteiger partial charge is 0.495 e. The summed E-state index contributed by atoms with van der Waals surface area (Å²) in [5.74, 6) is -0.131. The van der Waals surface area contributed by atoms with Gasteiger partial charge >= 0.3 is 0 Å². The Morgan fingerprint density at radius 3 is 2.50 bits per heavy atom. The Balaban J connectivity index is 2.09. The van der Waals surface area contributed by atoms with Gasteiger partial charge in [-0.2, -0.15) is 0 Å². The number of benzene rings is 1. The topological polar surface area (TPSA) is 51.2 Å². The lowest BCUT2D eigenvalue weighted by molar-refractivity contribution is 0.102. The molecular formula is C13H11FN2O2. The van der Waals surface area contributed by atoms with Crippen LogP contribution in [0.15, 0.2) is 42.6 Å². The normalized spacial score (nSPS) is 9.89. The fraction of sp³-hybridized carbons (Fsp3) is 0.0769. The zero-order valence-electron chi connectivity index (χ0n) is 9.68. The summed E-state index contributed by atoms with van der Waals surface area (Å²) in [6, 6.07) is 8.71. The number of ether oxygens (including phenoxy) is 1. The Morgan fingerprint density at radius 2 is 1.94 bits per heavy atom. The molecule has 0 radical (unpaired) electrons. The van der Waals surface area contributed by atoms with Gasteiger partial charge in [-0.3, -0.25) is 4.79 Å². The van der Waals surface area contributed by atoms with Crippen molar-refractivity contribution in [2.24, 2.45) is 0 Å². The minimum absolute atomic E-state index is 0.264. The Labute approximate surface area is 103 Å². The molecule has 0 atom stereocenters. The van der Waals surface area contributed by atoms with Crippen molar-refractivity contribution in [2.45, 2.75) is 0 Å². The zero-order valence-corrected chi connectivity index (χ0v) is 9.68. The minimum Gasteiger partial charge on any atom is -0.495 e. The van der Waals surface area contributed by atoms with E-state index in [2.05, 4.69) is 10.3 Å². The van der Waals surface area contributed by atoms with Crippen molar-refractivity contribution in [1.29, 1.82) is 0 Å². The zero-order chi connectivity index (χ0) is 13.0. The van der Waals surface area contributed by atoms with Crippen molar-refractivity contribution in [3.05, 3.63) is 54.1 Å². The second-order valence-electron chi connectivity index (χ2n) is 3.54. The Kier molecular flexibility index (Phi) is 3.52. The first-order valence-corrected chi connectivity index (χ1v) is 5.26. The highest BCUT2D eigenvalue weighted by Gasteiger charge is 2.07. The van der Waals surface area contributed by atoms with E-state index in [9.17, 15) is 9.18 Å². The van der Waals surface area contributed by atoms with Gasteiger partial charge in [-0.25, -0.2) is 9.37 Å². The molecule has 0 bridgehead atoms. The van der Waals surface area contributed by atoms with Gasteiger partial charge in [0.2, 0.25) is 0 Å². The van der Waals surface area contributed by atoms with E-state index >= 15 is 0 Å². The van der Waals surface area contributed by atoms with Gasteiger partial charge in [0.05, 0.1) is 13.3 Å². The number of pyridine rings is 1. The highest BCUT2D eigenvalue weighted by atomic mass is 19.1. The summed E-state index contributed by atoms with van der Waals surface area (Å²) in [7, 11) is 1.52. The summed E-state index contributed by atoms with van der Waals surface area (Å²) in [5.41, 5.74) is 0.777. The lowest BCUT2D eigenvalue weighted by atomic mass is 10.3. The molecule has 1 amide bonds. The molecule has 5 heteroatoms. The maximum Gasteiger partial charge on any atom is 0.274 e. The van der Waals surface area contributed by atoms with Crippen molar-refractivity contribution < 1.29 is 13.9 Å². The van der Waals surface area contributed by atoms with E-state index in [-0.39, 0.29) is 17.4 Å². The van der Waals surface area contributed by atoms with Gasteiger partial charge in [0.25, 0.3) is 5.91 Å². The van der Waals surface area contributed by atoms with E-state index < -0.39 is 0 Å². The summed E-state index contributed by atoms with van der Waals surface area (Å²) in [4.78, 5) is 15.7. The lowest BCUT2D eigenvalue weighted by Gasteiger charge is -2.05. The molecule has 0 unspecified atom stereocenters.